The second kappa shape index (κ2) is 5.72. The van der Waals surface area contributed by atoms with Crippen LogP contribution in [-0.2, 0) is 4.74 Å². The Bertz CT molecular complexity index is 395. The molecule has 1 aromatic rings. The van der Waals surface area contributed by atoms with Crippen LogP contribution in [0.1, 0.15) is 30.2 Å². The van der Waals surface area contributed by atoms with E-state index >= 15 is 0 Å². The highest BCUT2D eigenvalue weighted by molar-refractivity contribution is 9.11. The molecule has 0 aromatic heterocycles. The summed E-state index contributed by atoms with van der Waals surface area (Å²) in [5.41, 5.74) is 1.21. The normalized spacial score (nSPS) is 25.9. The lowest BCUT2D eigenvalue weighted by Crippen LogP contribution is -2.14. The maximum absolute atomic E-state index is 5.89. The van der Waals surface area contributed by atoms with E-state index in [0.29, 0.717) is 6.10 Å². The fourth-order valence-corrected chi connectivity index (χ4v) is 3.81. The second-order valence-corrected chi connectivity index (χ2v) is 6.19. The van der Waals surface area contributed by atoms with E-state index in [2.05, 4.69) is 44.8 Å². The fourth-order valence-electron chi connectivity index (χ4n) is 2.11. The number of halogens is 2. The zero-order valence-electron chi connectivity index (χ0n) is 9.95. The molecule has 3 unspecified atom stereocenters. The van der Waals surface area contributed by atoms with Crippen molar-refractivity contribution in [1.29, 1.82) is 0 Å². The van der Waals surface area contributed by atoms with Crippen LogP contribution in [0.15, 0.2) is 22.7 Å². The molecule has 0 aliphatic carbocycles. The molecule has 4 heteroatoms. The first kappa shape index (κ1) is 13.4. The predicted molar refractivity (Wildman–Crippen MR) is 75.9 cm³/mol. The Kier molecular flexibility index (Phi) is 4.50. The molecule has 1 aliphatic heterocycles. The van der Waals surface area contributed by atoms with E-state index in [1.807, 2.05) is 12.1 Å². The fraction of sp³-hybridized carbons (Fsp3) is 0.538. The van der Waals surface area contributed by atoms with Gasteiger partial charge in [0, 0.05) is 4.47 Å². The van der Waals surface area contributed by atoms with Crippen molar-refractivity contribution < 1.29 is 9.47 Å². The number of alkyl halides is 1. The first-order valence-electron chi connectivity index (χ1n) is 5.74. The van der Waals surface area contributed by atoms with E-state index in [0.717, 1.165) is 23.1 Å². The van der Waals surface area contributed by atoms with Crippen molar-refractivity contribution in [3.63, 3.8) is 0 Å². The topological polar surface area (TPSA) is 18.5 Å². The van der Waals surface area contributed by atoms with Crippen molar-refractivity contribution in [2.75, 3.05) is 7.11 Å². The first-order chi connectivity index (χ1) is 8.11. The number of ether oxygens (including phenoxy) is 2. The van der Waals surface area contributed by atoms with Gasteiger partial charge in [-0.15, -0.1) is 0 Å². The molecule has 1 aromatic carbocycles. The molecule has 3 atom stereocenters. The second-order valence-electron chi connectivity index (χ2n) is 4.35. The van der Waals surface area contributed by atoms with Crippen LogP contribution >= 0.6 is 31.9 Å². The summed E-state index contributed by atoms with van der Waals surface area (Å²) in [4.78, 5) is 0.229. The monoisotopic (exact) mass is 362 g/mol. The highest BCUT2D eigenvalue weighted by Gasteiger charge is 2.30. The van der Waals surface area contributed by atoms with Gasteiger partial charge in [-0.3, -0.25) is 0 Å². The molecule has 2 rings (SSSR count). The van der Waals surface area contributed by atoms with Gasteiger partial charge < -0.3 is 9.47 Å². The number of hydrogen-bond acceptors (Lipinski definition) is 2. The van der Waals surface area contributed by atoms with E-state index in [1.165, 1.54) is 5.56 Å². The minimum atomic E-state index is 0.229. The molecule has 0 saturated carbocycles. The van der Waals surface area contributed by atoms with Crippen LogP contribution in [0.3, 0.4) is 0 Å². The standard InChI is InChI=1S/C13H16Br2O2/c1-8-3-6-12(17-8)13(15)10-5-4-9(16-2)7-11(10)14/h4-5,7-8,12-13H,3,6H2,1-2H3. The van der Waals surface area contributed by atoms with Crippen LogP contribution in [0.2, 0.25) is 0 Å². The van der Waals surface area contributed by atoms with Gasteiger partial charge >= 0.3 is 0 Å². The quantitative estimate of drug-likeness (QED) is 0.738. The molecule has 0 N–H and O–H groups in total. The summed E-state index contributed by atoms with van der Waals surface area (Å²) in [5.74, 6) is 0.862. The molecule has 94 valence electrons. The van der Waals surface area contributed by atoms with Gasteiger partial charge in [0.25, 0.3) is 0 Å². The lowest BCUT2D eigenvalue weighted by Gasteiger charge is -2.19. The van der Waals surface area contributed by atoms with Gasteiger partial charge in [0.2, 0.25) is 0 Å². The molecular weight excluding hydrogens is 348 g/mol. The summed E-state index contributed by atoms with van der Waals surface area (Å²) >= 11 is 7.33. The summed E-state index contributed by atoms with van der Waals surface area (Å²) in [5, 5.41) is 0. The zero-order chi connectivity index (χ0) is 12.4. The van der Waals surface area contributed by atoms with Crippen molar-refractivity contribution in [3.05, 3.63) is 28.2 Å². The van der Waals surface area contributed by atoms with E-state index < -0.39 is 0 Å². The van der Waals surface area contributed by atoms with Gasteiger partial charge in [-0.05, 0) is 37.5 Å². The maximum atomic E-state index is 5.89. The number of rotatable bonds is 3. The molecule has 17 heavy (non-hydrogen) atoms. The average molecular weight is 364 g/mol. The molecule has 1 fully saturated rings. The highest BCUT2D eigenvalue weighted by atomic mass is 79.9. The number of benzene rings is 1. The van der Waals surface area contributed by atoms with Gasteiger partial charge in [-0.1, -0.05) is 37.9 Å². The van der Waals surface area contributed by atoms with Gasteiger partial charge in [-0.25, -0.2) is 0 Å². The molecule has 0 radical (unpaired) electrons. The van der Waals surface area contributed by atoms with Crippen LogP contribution in [-0.4, -0.2) is 19.3 Å². The van der Waals surface area contributed by atoms with Gasteiger partial charge in [0.1, 0.15) is 5.75 Å². The van der Waals surface area contributed by atoms with Crippen molar-refractivity contribution in [3.8, 4) is 5.75 Å². The average Bonchev–Trinajstić information content (AvgIpc) is 2.75. The Morgan fingerprint density at radius 1 is 1.41 bits per heavy atom. The highest BCUT2D eigenvalue weighted by Crippen LogP contribution is 2.40. The minimum absolute atomic E-state index is 0.229. The van der Waals surface area contributed by atoms with Crippen LogP contribution in [0.25, 0.3) is 0 Å². The lowest BCUT2D eigenvalue weighted by molar-refractivity contribution is 0.0556. The molecule has 0 amide bonds. The van der Waals surface area contributed by atoms with E-state index in [4.69, 9.17) is 9.47 Å². The van der Waals surface area contributed by atoms with Gasteiger partial charge in [-0.2, -0.15) is 0 Å². The van der Waals surface area contributed by atoms with Crippen LogP contribution < -0.4 is 4.74 Å². The molecule has 2 nitrogen and oxygen atoms in total. The Hall–Kier alpha value is -0.0600. The molecule has 1 heterocycles. The van der Waals surface area contributed by atoms with E-state index in [9.17, 15) is 0 Å². The Morgan fingerprint density at radius 3 is 2.71 bits per heavy atom. The predicted octanol–water partition coefficient (Wildman–Crippen LogP) is 4.46. The molecular formula is C13H16Br2O2. The largest absolute Gasteiger partial charge is 0.497 e. The third kappa shape index (κ3) is 3.04. The molecule has 0 bridgehead atoms. The van der Waals surface area contributed by atoms with Crippen LogP contribution in [0.4, 0.5) is 0 Å². The summed E-state index contributed by atoms with van der Waals surface area (Å²) in [7, 11) is 1.68. The molecule has 1 aliphatic rings. The van der Waals surface area contributed by atoms with E-state index in [1.54, 1.807) is 7.11 Å². The summed E-state index contributed by atoms with van der Waals surface area (Å²) in [6.07, 6.45) is 2.88. The van der Waals surface area contributed by atoms with Crippen LogP contribution in [0.5, 0.6) is 5.75 Å². The number of hydrogen-bond donors (Lipinski definition) is 0. The lowest BCUT2D eigenvalue weighted by atomic mass is 10.1. The minimum Gasteiger partial charge on any atom is -0.497 e. The Labute approximate surface area is 119 Å². The van der Waals surface area contributed by atoms with Crippen molar-refractivity contribution in [2.45, 2.75) is 36.8 Å². The van der Waals surface area contributed by atoms with Crippen molar-refractivity contribution >= 4 is 31.9 Å². The summed E-state index contributed by atoms with van der Waals surface area (Å²) in [6, 6.07) is 6.05. The van der Waals surface area contributed by atoms with Crippen molar-refractivity contribution in [2.24, 2.45) is 0 Å². The van der Waals surface area contributed by atoms with Crippen molar-refractivity contribution in [1.82, 2.24) is 0 Å². The molecule has 1 saturated heterocycles. The van der Waals surface area contributed by atoms with Crippen LogP contribution in [0, 0.1) is 0 Å². The van der Waals surface area contributed by atoms with E-state index in [-0.39, 0.29) is 10.9 Å². The van der Waals surface area contributed by atoms with Gasteiger partial charge in [0.05, 0.1) is 24.1 Å². The smallest absolute Gasteiger partial charge is 0.120 e. The summed E-state index contributed by atoms with van der Waals surface area (Å²) < 4.78 is 12.1. The number of methoxy groups -OCH3 is 1. The zero-order valence-corrected chi connectivity index (χ0v) is 13.1. The SMILES string of the molecule is COc1ccc(C(Br)C2CCC(C)O2)c(Br)c1. The maximum Gasteiger partial charge on any atom is 0.120 e. The third-order valence-corrected chi connectivity index (χ3v) is 4.87. The Balaban J connectivity index is 2.16. The first-order valence-corrected chi connectivity index (χ1v) is 7.45. The third-order valence-electron chi connectivity index (χ3n) is 3.10. The summed E-state index contributed by atoms with van der Waals surface area (Å²) in [6.45, 7) is 2.13. The Morgan fingerprint density at radius 2 is 2.18 bits per heavy atom. The van der Waals surface area contributed by atoms with Gasteiger partial charge in [0.15, 0.2) is 0 Å². The molecule has 0 spiro atoms.